The Morgan fingerprint density at radius 1 is 1.54 bits per heavy atom. The second-order valence-corrected chi connectivity index (χ2v) is 3.14. The number of anilines is 1. The van der Waals surface area contributed by atoms with E-state index in [4.69, 9.17) is 4.74 Å². The van der Waals surface area contributed by atoms with Gasteiger partial charge in [-0.3, -0.25) is 0 Å². The predicted octanol–water partition coefficient (Wildman–Crippen LogP) is 1.45. The van der Waals surface area contributed by atoms with Gasteiger partial charge in [-0.2, -0.15) is 4.98 Å². The number of rotatable bonds is 3. The first-order chi connectivity index (χ1) is 6.38. The minimum absolute atomic E-state index is 0.375. The summed E-state index contributed by atoms with van der Waals surface area (Å²) in [7, 11) is 1.79. The molecular formula is C9H13N3O. The third-order valence-electron chi connectivity index (χ3n) is 2.19. The Labute approximate surface area is 77.4 Å². The SMILES string of the molecule is CNc1nccc(OC2CCC2)n1. The summed E-state index contributed by atoms with van der Waals surface area (Å²) in [4.78, 5) is 8.18. The third kappa shape index (κ3) is 1.88. The van der Waals surface area contributed by atoms with Crippen molar-refractivity contribution in [2.24, 2.45) is 0 Å². The van der Waals surface area contributed by atoms with E-state index >= 15 is 0 Å². The lowest BCUT2D eigenvalue weighted by atomic mass is 9.96. The summed E-state index contributed by atoms with van der Waals surface area (Å²) in [5.74, 6) is 1.28. The van der Waals surface area contributed by atoms with Gasteiger partial charge in [0.2, 0.25) is 11.8 Å². The summed E-state index contributed by atoms with van der Waals surface area (Å²) in [6.45, 7) is 0. The summed E-state index contributed by atoms with van der Waals surface area (Å²) in [5, 5.41) is 2.87. The Bertz CT molecular complexity index is 286. The van der Waals surface area contributed by atoms with E-state index in [1.165, 1.54) is 6.42 Å². The van der Waals surface area contributed by atoms with Crippen LogP contribution in [0, 0.1) is 0 Å². The van der Waals surface area contributed by atoms with Crippen LogP contribution in [0.25, 0.3) is 0 Å². The first kappa shape index (κ1) is 8.29. The maximum absolute atomic E-state index is 5.60. The van der Waals surface area contributed by atoms with E-state index < -0.39 is 0 Å². The van der Waals surface area contributed by atoms with Crippen molar-refractivity contribution >= 4 is 5.95 Å². The van der Waals surface area contributed by atoms with Gasteiger partial charge in [-0.15, -0.1) is 0 Å². The highest BCUT2D eigenvalue weighted by molar-refractivity contribution is 5.26. The second-order valence-electron chi connectivity index (χ2n) is 3.14. The molecule has 2 rings (SSSR count). The van der Waals surface area contributed by atoms with Crippen molar-refractivity contribution in [2.75, 3.05) is 12.4 Å². The molecule has 1 fully saturated rings. The molecule has 1 saturated carbocycles. The van der Waals surface area contributed by atoms with Gasteiger partial charge < -0.3 is 10.1 Å². The molecule has 4 nitrogen and oxygen atoms in total. The van der Waals surface area contributed by atoms with Crippen LogP contribution in [0.3, 0.4) is 0 Å². The molecule has 0 amide bonds. The van der Waals surface area contributed by atoms with E-state index in [0.29, 0.717) is 17.9 Å². The van der Waals surface area contributed by atoms with Crippen LogP contribution < -0.4 is 10.1 Å². The van der Waals surface area contributed by atoms with Gasteiger partial charge in [0.15, 0.2) is 0 Å². The molecule has 0 bridgehead atoms. The highest BCUT2D eigenvalue weighted by atomic mass is 16.5. The number of aromatic nitrogens is 2. The molecule has 1 aromatic rings. The van der Waals surface area contributed by atoms with Crippen molar-refractivity contribution in [2.45, 2.75) is 25.4 Å². The Balaban J connectivity index is 2.01. The zero-order valence-corrected chi connectivity index (χ0v) is 7.66. The monoisotopic (exact) mass is 179 g/mol. The van der Waals surface area contributed by atoms with Crippen molar-refractivity contribution < 1.29 is 4.74 Å². The zero-order chi connectivity index (χ0) is 9.10. The van der Waals surface area contributed by atoms with Crippen molar-refractivity contribution in [1.82, 2.24) is 9.97 Å². The van der Waals surface area contributed by atoms with Crippen LogP contribution >= 0.6 is 0 Å². The third-order valence-corrected chi connectivity index (χ3v) is 2.19. The van der Waals surface area contributed by atoms with Crippen molar-refractivity contribution in [3.8, 4) is 5.88 Å². The molecule has 0 saturated heterocycles. The molecule has 1 aliphatic rings. The highest BCUT2D eigenvalue weighted by Gasteiger charge is 2.19. The average Bonchev–Trinajstić information content (AvgIpc) is 2.12. The Hall–Kier alpha value is -1.32. The molecular weight excluding hydrogens is 166 g/mol. The number of nitrogens with one attached hydrogen (secondary N) is 1. The highest BCUT2D eigenvalue weighted by Crippen LogP contribution is 2.23. The van der Waals surface area contributed by atoms with Gasteiger partial charge >= 0.3 is 0 Å². The summed E-state index contributed by atoms with van der Waals surface area (Å²) in [6.07, 6.45) is 5.65. The number of nitrogens with zero attached hydrogens (tertiary/aromatic N) is 2. The molecule has 70 valence electrons. The first-order valence-corrected chi connectivity index (χ1v) is 4.56. The second kappa shape index (κ2) is 3.60. The minimum Gasteiger partial charge on any atom is -0.474 e. The van der Waals surface area contributed by atoms with Crippen LogP contribution in [0.2, 0.25) is 0 Å². The van der Waals surface area contributed by atoms with Crippen LogP contribution in [-0.2, 0) is 0 Å². The Morgan fingerprint density at radius 3 is 3.00 bits per heavy atom. The van der Waals surface area contributed by atoms with Crippen LogP contribution in [-0.4, -0.2) is 23.1 Å². The fourth-order valence-electron chi connectivity index (χ4n) is 1.19. The van der Waals surface area contributed by atoms with E-state index in [-0.39, 0.29) is 0 Å². The first-order valence-electron chi connectivity index (χ1n) is 4.56. The van der Waals surface area contributed by atoms with Gasteiger partial charge in [0.25, 0.3) is 0 Å². The molecule has 0 atom stereocenters. The fraction of sp³-hybridized carbons (Fsp3) is 0.556. The van der Waals surface area contributed by atoms with Gasteiger partial charge in [-0.05, 0) is 19.3 Å². The zero-order valence-electron chi connectivity index (χ0n) is 7.66. The van der Waals surface area contributed by atoms with Gasteiger partial charge in [0.1, 0.15) is 6.10 Å². The molecule has 1 aliphatic carbocycles. The van der Waals surface area contributed by atoms with E-state index in [2.05, 4.69) is 15.3 Å². The summed E-state index contributed by atoms with van der Waals surface area (Å²) >= 11 is 0. The molecule has 1 N–H and O–H groups in total. The Morgan fingerprint density at radius 2 is 2.38 bits per heavy atom. The van der Waals surface area contributed by atoms with Crippen molar-refractivity contribution in [3.05, 3.63) is 12.3 Å². The van der Waals surface area contributed by atoms with E-state index in [0.717, 1.165) is 12.8 Å². The topological polar surface area (TPSA) is 47.0 Å². The van der Waals surface area contributed by atoms with E-state index in [9.17, 15) is 0 Å². The van der Waals surface area contributed by atoms with Gasteiger partial charge in [0.05, 0.1) is 0 Å². The molecule has 0 aliphatic heterocycles. The van der Waals surface area contributed by atoms with E-state index in [1.807, 2.05) is 0 Å². The van der Waals surface area contributed by atoms with Gasteiger partial charge in [-0.1, -0.05) is 0 Å². The molecule has 0 aromatic carbocycles. The van der Waals surface area contributed by atoms with Crippen LogP contribution in [0.15, 0.2) is 12.3 Å². The largest absolute Gasteiger partial charge is 0.474 e. The lowest BCUT2D eigenvalue weighted by Crippen LogP contribution is -2.25. The summed E-state index contributed by atoms with van der Waals surface area (Å²) in [5.41, 5.74) is 0. The molecule has 0 spiro atoms. The maximum Gasteiger partial charge on any atom is 0.225 e. The molecule has 4 heteroatoms. The van der Waals surface area contributed by atoms with Gasteiger partial charge in [-0.25, -0.2) is 4.98 Å². The minimum atomic E-state index is 0.375. The Kier molecular flexibility index (Phi) is 2.29. The standard InChI is InChI=1S/C9H13N3O/c1-10-9-11-6-5-8(12-9)13-7-3-2-4-7/h5-7H,2-4H2,1H3,(H,10,11,12). The van der Waals surface area contributed by atoms with E-state index in [1.54, 1.807) is 19.3 Å². The lowest BCUT2D eigenvalue weighted by molar-refractivity contribution is 0.114. The normalized spacial score (nSPS) is 16.4. The average molecular weight is 179 g/mol. The van der Waals surface area contributed by atoms with Crippen molar-refractivity contribution in [3.63, 3.8) is 0 Å². The van der Waals surface area contributed by atoms with Crippen LogP contribution in [0.5, 0.6) is 5.88 Å². The quantitative estimate of drug-likeness (QED) is 0.762. The summed E-state index contributed by atoms with van der Waals surface area (Å²) in [6, 6.07) is 1.79. The molecule has 1 heterocycles. The fourth-order valence-corrected chi connectivity index (χ4v) is 1.19. The smallest absolute Gasteiger partial charge is 0.225 e. The molecule has 1 aromatic heterocycles. The predicted molar refractivity (Wildman–Crippen MR) is 49.8 cm³/mol. The molecule has 13 heavy (non-hydrogen) atoms. The van der Waals surface area contributed by atoms with Crippen LogP contribution in [0.1, 0.15) is 19.3 Å². The maximum atomic E-state index is 5.60. The van der Waals surface area contributed by atoms with Gasteiger partial charge in [0, 0.05) is 19.3 Å². The number of hydrogen-bond donors (Lipinski definition) is 1. The number of ether oxygens (including phenoxy) is 1. The summed E-state index contributed by atoms with van der Waals surface area (Å²) < 4.78 is 5.60. The lowest BCUT2D eigenvalue weighted by Gasteiger charge is -2.25. The number of hydrogen-bond acceptors (Lipinski definition) is 4. The van der Waals surface area contributed by atoms with Crippen molar-refractivity contribution in [1.29, 1.82) is 0 Å². The molecule has 0 radical (unpaired) electrons. The van der Waals surface area contributed by atoms with Crippen LogP contribution in [0.4, 0.5) is 5.95 Å². The molecule has 0 unspecified atom stereocenters.